The van der Waals surface area contributed by atoms with Gasteiger partial charge in [0.2, 0.25) is 5.75 Å². The molecular weight excluding hydrogens is 450 g/mol. The minimum Gasteiger partial charge on any atom is -0.493 e. The van der Waals surface area contributed by atoms with Gasteiger partial charge in [0, 0.05) is 23.9 Å². The number of aromatic nitrogens is 5. The third-order valence-electron chi connectivity index (χ3n) is 5.50. The van der Waals surface area contributed by atoms with Crippen LogP contribution in [0.3, 0.4) is 0 Å². The molecule has 4 rings (SSSR count). The topological polar surface area (TPSA) is 154 Å². The largest absolute Gasteiger partial charge is 0.493 e. The second-order valence-corrected chi connectivity index (χ2v) is 7.60. The molecule has 0 aliphatic carbocycles. The van der Waals surface area contributed by atoms with Gasteiger partial charge in [-0.3, -0.25) is 10.4 Å². The van der Waals surface area contributed by atoms with Gasteiger partial charge in [0.15, 0.2) is 11.5 Å². The van der Waals surface area contributed by atoms with Crippen molar-refractivity contribution in [1.29, 1.82) is 5.41 Å². The number of hydrogen-bond acceptors (Lipinski definition) is 8. The Balaban J connectivity index is 1.83. The number of nitrogens with zero attached hydrogens (tertiary/aromatic N) is 4. The van der Waals surface area contributed by atoms with Gasteiger partial charge in [-0.1, -0.05) is 24.3 Å². The lowest BCUT2D eigenvalue weighted by Gasteiger charge is -2.19. The third kappa shape index (κ3) is 4.83. The van der Waals surface area contributed by atoms with Crippen LogP contribution in [0.5, 0.6) is 17.2 Å². The number of nitrogen functional groups attached to an aromatic ring is 1. The summed E-state index contributed by atoms with van der Waals surface area (Å²) in [4.78, 5) is 23.8. The van der Waals surface area contributed by atoms with Crippen LogP contribution in [-0.4, -0.2) is 51.9 Å². The van der Waals surface area contributed by atoms with Crippen LogP contribution in [0.25, 0.3) is 5.95 Å². The number of ether oxygens (including phenoxy) is 3. The van der Waals surface area contributed by atoms with Gasteiger partial charge in [-0.2, -0.15) is 0 Å². The lowest BCUT2D eigenvalue weighted by atomic mass is 9.90. The number of nitrogens with two attached hydrogens (primary N) is 1. The van der Waals surface area contributed by atoms with Crippen molar-refractivity contribution in [2.24, 2.45) is 5.73 Å². The molecule has 0 saturated heterocycles. The number of benzene rings is 2. The molecule has 0 radical (unpaired) electrons. The number of aromatic amines is 1. The Morgan fingerprint density at radius 1 is 1.06 bits per heavy atom. The van der Waals surface area contributed by atoms with Gasteiger partial charge in [0.25, 0.3) is 5.95 Å². The van der Waals surface area contributed by atoms with E-state index in [1.54, 1.807) is 32.4 Å². The van der Waals surface area contributed by atoms with E-state index in [-0.39, 0.29) is 11.8 Å². The molecule has 0 saturated carbocycles. The van der Waals surface area contributed by atoms with Gasteiger partial charge < -0.3 is 19.9 Å². The van der Waals surface area contributed by atoms with Crippen LogP contribution in [-0.2, 0) is 6.42 Å². The molecule has 0 amide bonds. The maximum atomic E-state index is 12.8. The highest BCUT2D eigenvalue weighted by molar-refractivity contribution is 5.94. The van der Waals surface area contributed by atoms with Gasteiger partial charge in [-0.15, -0.1) is 9.78 Å². The Morgan fingerprint density at radius 3 is 2.23 bits per heavy atom. The van der Waals surface area contributed by atoms with E-state index in [0.717, 1.165) is 15.8 Å². The fraction of sp³-hybridized carbons (Fsp3) is 0.208. The Hall–Kier alpha value is -4.67. The Kier molecular flexibility index (Phi) is 6.76. The van der Waals surface area contributed by atoms with Crippen LogP contribution < -0.4 is 25.6 Å². The first-order chi connectivity index (χ1) is 16.9. The fourth-order valence-electron chi connectivity index (χ4n) is 3.76. The zero-order chi connectivity index (χ0) is 24.9. The highest BCUT2D eigenvalue weighted by Gasteiger charge is 2.25. The van der Waals surface area contributed by atoms with Crippen molar-refractivity contribution in [3.8, 4) is 23.2 Å². The van der Waals surface area contributed by atoms with Crippen LogP contribution in [0.15, 0.2) is 59.7 Å². The lowest BCUT2D eigenvalue weighted by molar-refractivity contribution is 0.323. The van der Waals surface area contributed by atoms with E-state index >= 15 is 0 Å². The molecular formula is C24H25N7O4. The van der Waals surface area contributed by atoms with Crippen molar-refractivity contribution in [3.63, 3.8) is 0 Å². The number of amidine groups is 1. The maximum absolute atomic E-state index is 12.8. The molecule has 0 fully saturated rings. The van der Waals surface area contributed by atoms with Gasteiger partial charge in [0.1, 0.15) is 11.7 Å². The minimum absolute atomic E-state index is 0.0105. The van der Waals surface area contributed by atoms with Crippen LogP contribution in [0.4, 0.5) is 0 Å². The van der Waals surface area contributed by atoms with Gasteiger partial charge >= 0.3 is 5.69 Å². The number of rotatable bonds is 9. The van der Waals surface area contributed by atoms with Gasteiger partial charge in [-0.25, -0.2) is 14.8 Å². The molecule has 1 atom stereocenters. The first-order valence-electron chi connectivity index (χ1n) is 10.6. The summed E-state index contributed by atoms with van der Waals surface area (Å²) < 4.78 is 17.7. The third-order valence-corrected chi connectivity index (χ3v) is 5.50. The van der Waals surface area contributed by atoms with Crippen molar-refractivity contribution in [3.05, 3.63) is 87.9 Å². The van der Waals surface area contributed by atoms with Crippen LogP contribution in [0, 0.1) is 5.41 Å². The zero-order valence-corrected chi connectivity index (χ0v) is 19.5. The summed E-state index contributed by atoms with van der Waals surface area (Å²) in [6, 6.07) is 12.6. The number of H-pyrrole nitrogens is 1. The first-order valence-corrected chi connectivity index (χ1v) is 10.6. The average molecular weight is 476 g/mol. The number of hydrogen-bond donors (Lipinski definition) is 3. The minimum atomic E-state index is -0.462. The second-order valence-electron chi connectivity index (χ2n) is 7.60. The van der Waals surface area contributed by atoms with E-state index in [0.29, 0.717) is 35.1 Å². The zero-order valence-electron chi connectivity index (χ0n) is 19.5. The number of nitrogens with one attached hydrogen (secondary N) is 2. The van der Waals surface area contributed by atoms with Crippen molar-refractivity contribution in [2.45, 2.75) is 12.3 Å². The van der Waals surface area contributed by atoms with E-state index in [1.165, 1.54) is 19.5 Å². The normalized spacial score (nSPS) is 11.6. The fourth-order valence-corrected chi connectivity index (χ4v) is 3.76. The smallest absolute Gasteiger partial charge is 0.350 e. The summed E-state index contributed by atoms with van der Waals surface area (Å²) in [5, 5.41) is 12.1. The molecule has 35 heavy (non-hydrogen) atoms. The van der Waals surface area contributed by atoms with Crippen LogP contribution >= 0.6 is 0 Å². The van der Waals surface area contributed by atoms with E-state index in [4.69, 9.17) is 25.4 Å². The molecule has 0 spiro atoms. The summed E-state index contributed by atoms with van der Waals surface area (Å²) in [7, 11) is 4.62. The summed E-state index contributed by atoms with van der Waals surface area (Å²) in [6.07, 6.45) is 3.55. The molecule has 0 bridgehead atoms. The molecule has 11 nitrogen and oxygen atoms in total. The lowest BCUT2D eigenvalue weighted by Crippen LogP contribution is -2.18. The summed E-state index contributed by atoms with van der Waals surface area (Å²) >= 11 is 0. The molecule has 0 aliphatic heterocycles. The van der Waals surface area contributed by atoms with E-state index in [1.807, 2.05) is 24.3 Å². The summed E-state index contributed by atoms with van der Waals surface area (Å²) in [5.41, 5.74) is 7.48. The SMILES string of the molecule is COc1cc(C(Cc2ccc(C(=N)N)cc2)c2nn(-c3ncccn3)c(=O)[nH]2)cc(OC)c1OC. The Morgan fingerprint density at radius 2 is 1.69 bits per heavy atom. The molecule has 11 heteroatoms. The van der Waals surface area contributed by atoms with Crippen molar-refractivity contribution in [1.82, 2.24) is 24.7 Å². The Bertz CT molecular complexity index is 1360. The molecule has 2 aromatic heterocycles. The molecule has 4 aromatic rings. The van der Waals surface area contributed by atoms with Gasteiger partial charge in [0.05, 0.1) is 21.3 Å². The van der Waals surface area contributed by atoms with E-state index in [2.05, 4.69) is 20.1 Å². The van der Waals surface area contributed by atoms with Crippen molar-refractivity contribution in [2.75, 3.05) is 21.3 Å². The standard InChI is InChI=1S/C24H25N7O4/c1-33-18-12-16(13-19(34-2)20(18)35-3)17(11-14-5-7-15(8-6-14)21(25)26)22-29-24(32)31(30-22)23-27-9-4-10-28-23/h4-10,12-13,17H,11H2,1-3H3,(H3,25,26)(H,29,30,32). The molecule has 2 aromatic carbocycles. The summed E-state index contributed by atoms with van der Waals surface area (Å²) in [6.45, 7) is 0. The monoisotopic (exact) mass is 475 g/mol. The highest BCUT2D eigenvalue weighted by atomic mass is 16.5. The van der Waals surface area contributed by atoms with E-state index in [9.17, 15) is 4.79 Å². The van der Waals surface area contributed by atoms with Crippen molar-refractivity contribution >= 4 is 5.84 Å². The van der Waals surface area contributed by atoms with Gasteiger partial charge in [-0.05, 0) is 35.7 Å². The van der Waals surface area contributed by atoms with E-state index < -0.39 is 11.6 Å². The van der Waals surface area contributed by atoms with Crippen molar-refractivity contribution < 1.29 is 14.2 Å². The Labute approximate surface area is 201 Å². The predicted molar refractivity (Wildman–Crippen MR) is 129 cm³/mol. The quantitative estimate of drug-likeness (QED) is 0.245. The van der Waals surface area contributed by atoms with Crippen LogP contribution in [0.1, 0.15) is 28.4 Å². The summed E-state index contributed by atoms with van der Waals surface area (Å²) in [5.74, 6) is 1.58. The molecule has 180 valence electrons. The number of methoxy groups -OCH3 is 3. The maximum Gasteiger partial charge on any atom is 0.350 e. The van der Waals surface area contributed by atoms with Crippen LogP contribution in [0.2, 0.25) is 0 Å². The second kappa shape index (κ2) is 10.1. The predicted octanol–water partition coefficient (Wildman–Crippen LogP) is 2.04. The highest BCUT2D eigenvalue weighted by Crippen LogP contribution is 2.41. The molecule has 1 unspecified atom stereocenters. The molecule has 2 heterocycles. The molecule has 0 aliphatic rings. The molecule has 4 N–H and O–H groups in total. The first kappa shape index (κ1) is 23.5. The average Bonchev–Trinajstić information content (AvgIpc) is 3.28.